The number of anilines is 1. The number of likely N-dealkylation sites (N-methyl/N-ethyl adjacent to an activating group) is 1. The van der Waals surface area contributed by atoms with E-state index in [1.165, 1.54) is 11.1 Å². The second-order valence-corrected chi connectivity index (χ2v) is 8.23. The van der Waals surface area contributed by atoms with E-state index < -0.39 is 0 Å². The maximum absolute atomic E-state index is 6.17. The molecule has 5 rings (SSSR count). The summed E-state index contributed by atoms with van der Waals surface area (Å²) in [4.78, 5) is 14.2. The van der Waals surface area contributed by atoms with Gasteiger partial charge in [-0.1, -0.05) is 6.07 Å². The Morgan fingerprint density at radius 1 is 1.04 bits per heavy atom. The molecular weight excluding hydrogens is 336 g/mol. The zero-order chi connectivity index (χ0) is 18.4. The van der Waals surface area contributed by atoms with Crippen molar-refractivity contribution in [1.82, 2.24) is 9.88 Å². The van der Waals surface area contributed by atoms with Crippen LogP contribution in [0.5, 0.6) is 5.75 Å². The molecule has 27 heavy (non-hydrogen) atoms. The summed E-state index contributed by atoms with van der Waals surface area (Å²) in [5, 5.41) is 0. The van der Waals surface area contributed by atoms with Crippen LogP contribution in [0.15, 0.2) is 41.5 Å². The van der Waals surface area contributed by atoms with Gasteiger partial charge >= 0.3 is 0 Å². The van der Waals surface area contributed by atoms with Crippen LogP contribution in [0, 0.1) is 0 Å². The van der Waals surface area contributed by atoms with Crippen molar-refractivity contribution in [2.75, 3.05) is 38.1 Å². The molecular formula is C22H26N4O. The standard InChI is InChI=1S/C22H26N4O/c1-22(6-7-22)27-18-4-3-17-15-24-21(19(17)14-18)16-5-8-23-20(13-16)26-11-9-25(2)10-12-26/h3-5,8,13-14H,6-7,9-12,15H2,1-2H3. The first-order chi connectivity index (χ1) is 13.1. The van der Waals surface area contributed by atoms with E-state index in [1.54, 1.807) is 0 Å². The Morgan fingerprint density at radius 2 is 1.85 bits per heavy atom. The molecule has 1 aromatic heterocycles. The lowest BCUT2D eigenvalue weighted by molar-refractivity contribution is 0.200. The molecule has 0 unspecified atom stereocenters. The molecule has 1 aliphatic carbocycles. The van der Waals surface area contributed by atoms with Gasteiger partial charge in [0.05, 0.1) is 12.3 Å². The molecule has 1 aromatic carbocycles. The first kappa shape index (κ1) is 16.8. The molecule has 0 amide bonds. The predicted molar refractivity (Wildman–Crippen MR) is 108 cm³/mol. The molecule has 140 valence electrons. The van der Waals surface area contributed by atoms with Crippen molar-refractivity contribution in [2.24, 2.45) is 4.99 Å². The maximum atomic E-state index is 6.17. The van der Waals surface area contributed by atoms with E-state index in [2.05, 4.69) is 59.1 Å². The van der Waals surface area contributed by atoms with E-state index in [0.717, 1.165) is 68.4 Å². The minimum absolute atomic E-state index is 0.0371. The molecule has 5 heteroatoms. The Kier molecular flexibility index (Phi) is 3.93. The number of aliphatic imine (C=N–C) groups is 1. The second kappa shape index (κ2) is 6.34. The van der Waals surface area contributed by atoms with Crippen LogP contribution in [0.1, 0.15) is 36.5 Å². The van der Waals surface area contributed by atoms with Crippen molar-refractivity contribution in [2.45, 2.75) is 31.9 Å². The zero-order valence-electron chi connectivity index (χ0n) is 16.1. The fourth-order valence-corrected chi connectivity index (χ4v) is 3.81. The van der Waals surface area contributed by atoms with Crippen molar-refractivity contribution in [3.8, 4) is 5.75 Å². The highest BCUT2D eigenvalue weighted by Gasteiger charge is 2.40. The van der Waals surface area contributed by atoms with Crippen molar-refractivity contribution in [3.05, 3.63) is 53.2 Å². The summed E-state index contributed by atoms with van der Waals surface area (Å²) in [6.45, 7) is 7.12. The molecule has 2 aromatic rings. The fraction of sp³-hybridized carbons (Fsp3) is 0.455. The lowest BCUT2D eigenvalue weighted by atomic mass is 10.0. The highest BCUT2D eigenvalue weighted by Crippen LogP contribution is 2.40. The molecule has 0 N–H and O–H groups in total. The van der Waals surface area contributed by atoms with Crippen LogP contribution < -0.4 is 9.64 Å². The van der Waals surface area contributed by atoms with Crippen LogP contribution in [-0.4, -0.2) is 54.4 Å². The topological polar surface area (TPSA) is 41.0 Å². The molecule has 2 aliphatic heterocycles. The van der Waals surface area contributed by atoms with E-state index in [9.17, 15) is 0 Å². The van der Waals surface area contributed by atoms with Crippen molar-refractivity contribution < 1.29 is 4.74 Å². The molecule has 3 heterocycles. The molecule has 3 aliphatic rings. The minimum Gasteiger partial charge on any atom is -0.488 e. The molecule has 0 bridgehead atoms. The lowest BCUT2D eigenvalue weighted by Crippen LogP contribution is -2.44. The van der Waals surface area contributed by atoms with Gasteiger partial charge in [0.15, 0.2) is 0 Å². The van der Waals surface area contributed by atoms with Crippen molar-refractivity contribution >= 4 is 11.5 Å². The second-order valence-electron chi connectivity index (χ2n) is 8.23. The van der Waals surface area contributed by atoms with Gasteiger partial charge < -0.3 is 14.5 Å². The van der Waals surface area contributed by atoms with Gasteiger partial charge in [0.25, 0.3) is 0 Å². The number of hydrogen-bond acceptors (Lipinski definition) is 5. The number of nitrogens with zero attached hydrogens (tertiary/aromatic N) is 4. The summed E-state index contributed by atoms with van der Waals surface area (Å²) in [7, 11) is 2.17. The summed E-state index contributed by atoms with van der Waals surface area (Å²) in [6, 6.07) is 10.7. The Hall–Kier alpha value is -2.40. The third kappa shape index (κ3) is 3.32. The molecule has 2 fully saturated rings. The van der Waals surface area contributed by atoms with Crippen molar-refractivity contribution in [3.63, 3.8) is 0 Å². The third-order valence-electron chi connectivity index (χ3n) is 5.91. The molecule has 0 atom stereocenters. The SMILES string of the molecule is CN1CCN(c2cc(C3=NCc4ccc(OC5(C)CC5)cc43)ccn2)CC1. The number of ether oxygens (including phenoxy) is 1. The molecule has 1 saturated carbocycles. The van der Waals surface area contributed by atoms with Crippen LogP contribution in [0.25, 0.3) is 0 Å². The first-order valence-corrected chi connectivity index (χ1v) is 9.86. The highest BCUT2D eigenvalue weighted by atomic mass is 16.5. The van der Waals surface area contributed by atoms with Crippen LogP contribution in [0.3, 0.4) is 0 Å². The fourth-order valence-electron chi connectivity index (χ4n) is 3.81. The summed E-state index contributed by atoms with van der Waals surface area (Å²) in [6.07, 6.45) is 4.20. The monoisotopic (exact) mass is 362 g/mol. The zero-order valence-corrected chi connectivity index (χ0v) is 16.1. The van der Waals surface area contributed by atoms with E-state index in [-0.39, 0.29) is 5.60 Å². The Labute approximate surface area is 160 Å². The van der Waals surface area contributed by atoms with Gasteiger partial charge in [0.2, 0.25) is 0 Å². The first-order valence-electron chi connectivity index (χ1n) is 9.86. The normalized spacial score (nSPS) is 21.0. The van der Waals surface area contributed by atoms with Crippen LogP contribution >= 0.6 is 0 Å². The van der Waals surface area contributed by atoms with Crippen LogP contribution in [-0.2, 0) is 6.54 Å². The molecule has 0 radical (unpaired) electrons. The summed E-state index contributed by atoms with van der Waals surface area (Å²) in [5.74, 6) is 2.01. The number of pyridine rings is 1. The number of fused-ring (bicyclic) bond motifs is 1. The van der Waals surface area contributed by atoms with Crippen LogP contribution in [0.4, 0.5) is 5.82 Å². The van der Waals surface area contributed by atoms with Gasteiger partial charge in [0.1, 0.15) is 17.2 Å². The highest BCUT2D eigenvalue weighted by molar-refractivity contribution is 6.15. The van der Waals surface area contributed by atoms with E-state index in [0.29, 0.717) is 0 Å². The van der Waals surface area contributed by atoms with Gasteiger partial charge in [-0.05, 0) is 56.6 Å². The van der Waals surface area contributed by atoms with Crippen molar-refractivity contribution in [1.29, 1.82) is 0 Å². The van der Waals surface area contributed by atoms with Gasteiger partial charge in [-0.2, -0.15) is 0 Å². The number of aromatic nitrogens is 1. The van der Waals surface area contributed by atoms with Crippen LogP contribution in [0.2, 0.25) is 0 Å². The average Bonchev–Trinajstić information content (AvgIpc) is 3.25. The Bertz CT molecular complexity index is 895. The largest absolute Gasteiger partial charge is 0.488 e. The molecule has 0 spiro atoms. The van der Waals surface area contributed by atoms with E-state index in [4.69, 9.17) is 9.73 Å². The lowest BCUT2D eigenvalue weighted by Gasteiger charge is -2.33. The van der Waals surface area contributed by atoms with Gasteiger partial charge in [-0.25, -0.2) is 4.98 Å². The van der Waals surface area contributed by atoms with Gasteiger partial charge in [-0.3, -0.25) is 4.99 Å². The van der Waals surface area contributed by atoms with Gasteiger partial charge in [-0.15, -0.1) is 0 Å². The Morgan fingerprint density at radius 3 is 2.63 bits per heavy atom. The number of piperazine rings is 1. The summed E-state index contributed by atoms with van der Waals surface area (Å²) >= 11 is 0. The number of benzene rings is 1. The number of hydrogen-bond donors (Lipinski definition) is 0. The molecule has 5 nitrogen and oxygen atoms in total. The Balaban J connectivity index is 1.42. The quantitative estimate of drug-likeness (QED) is 0.838. The molecule has 1 saturated heterocycles. The van der Waals surface area contributed by atoms with Gasteiger partial charge in [0, 0.05) is 43.5 Å². The maximum Gasteiger partial charge on any atom is 0.129 e. The number of rotatable bonds is 4. The predicted octanol–water partition coefficient (Wildman–Crippen LogP) is 3.12. The third-order valence-corrected chi connectivity index (χ3v) is 5.91. The average molecular weight is 362 g/mol. The smallest absolute Gasteiger partial charge is 0.129 e. The van der Waals surface area contributed by atoms with E-state index in [1.807, 2.05) is 6.20 Å². The van der Waals surface area contributed by atoms with E-state index >= 15 is 0 Å². The summed E-state index contributed by atoms with van der Waals surface area (Å²) < 4.78 is 6.17. The minimum atomic E-state index is 0.0371. The summed E-state index contributed by atoms with van der Waals surface area (Å²) in [5.41, 5.74) is 4.72.